The molecule has 2 aliphatic rings. The molecule has 2 unspecified atom stereocenters. The van der Waals surface area contributed by atoms with Crippen LogP contribution in [-0.2, 0) is 16.0 Å². The first kappa shape index (κ1) is 24.0. The first-order valence-corrected chi connectivity index (χ1v) is 12.5. The second-order valence-electron chi connectivity index (χ2n) is 8.58. The number of thioether (sulfide) groups is 1. The fourth-order valence-electron chi connectivity index (χ4n) is 4.36. The number of phenolic OH excluding ortho intramolecular Hbond substituents is 1. The molecule has 1 saturated heterocycles. The van der Waals surface area contributed by atoms with E-state index in [1.54, 1.807) is 12.1 Å². The lowest BCUT2D eigenvalue weighted by Gasteiger charge is -2.32. The van der Waals surface area contributed by atoms with Gasteiger partial charge in [-0.1, -0.05) is 48.2 Å². The van der Waals surface area contributed by atoms with Crippen LogP contribution in [0.15, 0.2) is 47.4 Å². The Morgan fingerprint density at radius 3 is 2.73 bits per heavy atom. The number of benzene rings is 2. The van der Waals surface area contributed by atoms with Gasteiger partial charge in [0.1, 0.15) is 11.1 Å². The summed E-state index contributed by atoms with van der Waals surface area (Å²) in [5, 5.41) is 26.9. The number of nitrogens with zero attached hydrogens (tertiary/aromatic N) is 1. The van der Waals surface area contributed by atoms with Gasteiger partial charge in [0, 0.05) is 24.0 Å². The van der Waals surface area contributed by atoms with Crippen molar-refractivity contribution in [3.63, 3.8) is 0 Å². The molecule has 33 heavy (non-hydrogen) atoms. The van der Waals surface area contributed by atoms with E-state index in [1.807, 2.05) is 6.07 Å². The molecule has 178 valence electrons. The highest BCUT2D eigenvalue weighted by molar-refractivity contribution is 8.01. The molecule has 0 saturated carbocycles. The number of phenols is 1. The van der Waals surface area contributed by atoms with Crippen LogP contribution in [0, 0.1) is 0 Å². The summed E-state index contributed by atoms with van der Waals surface area (Å²) in [5.74, 6) is 0.0992. The highest BCUT2D eigenvalue weighted by Gasteiger charge is 2.29. The van der Waals surface area contributed by atoms with Crippen molar-refractivity contribution in [3.05, 3.63) is 53.6 Å². The van der Waals surface area contributed by atoms with Crippen molar-refractivity contribution < 1.29 is 19.7 Å². The average molecular weight is 472 g/mol. The molecular weight excluding hydrogens is 438 g/mol. The van der Waals surface area contributed by atoms with Crippen molar-refractivity contribution in [1.82, 2.24) is 10.2 Å². The lowest BCUT2D eigenvalue weighted by Crippen LogP contribution is -2.44. The van der Waals surface area contributed by atoms with E-state index in [4.69, 9.17) is 4.74 Å². The smallest absolute Gasteiger partial charge is 0.152 e. The predicted molar refractivity (Wildman–Crippen MR) is 131 cm³/mol. The number of aliphatic hydroxyl groups is 1. The van der Waals surface area contributed by atoms with Crippen LogP contribution >= 0.6 is 11.8 Å². The Kier molecular flexibility index (Phi) is 8.63. The molecule has 0 spiro atoms. The highest BCUT2D eigenvalue weighted by Crippen LogP contribution is 2.46. The van der Waals surface area contributed by atoms with Crippen molar-refractivity contribution in [2.45, 2.75) is 41.7 Å². The first-order valence-electron chi connectivity index (χ1n) is 11.6. The van der Waals surface area contributed by atoms with E-state index in [9.17, 15) is 15.0 Å². The van der Waals surface area contributed by atoms with Crippen LogP contribution in [0.25, 0.3) is 0 Å². The van der Waals surface area contributed by atoms with Gasteiger partial charge in [-0.3, -0.25) is 0 Å². The lowest BCUT2D eigenvalue weighted by atomic mass is 10.0. The van der Waals surface area contributed by atoms with Crippen LogP contribution in [-0.4, -0.2) is 72.2 Å². The highest BCUT2D eigenvalue weighted by atomic mass is 32.2. The van der Waals surface area contributed by atoms with E-state index in [-0.39, 0.29) is 5.75 Å². The third-order valence-corrected chi connectivity index (χ3v) is 7.46. The minimum absolute atomic E-state index is 0.0992. The summed E-state index contributed by atoms with van der Waals surface area (Å²) in [4.78, 5) is 14.3. The van der Waals surface area contributed by atoms with Gasteiger partial charge in [0.05, 0.1) is 25.0 Å². The predicted octanol–water partition coefficient (Wildman–Crippen LogP) is 2.78. The van der Waals surface area contributed by atoms with Crippen molar-refractivity contribution in [1.29, 1.82) is 0 Å². The lowest BCUT2D eigenvalue weighted by molar-refractivity contribution is -0.107. The fourth-order valence-corrected chi connectivity index (χ4v) is 5.46. The molecule has 0 bridgehead atoms. The number of nitrogens with one attached hydrogen (secondary N) is 2. The van der Waals surface area contributed by atoms with E-state index < -0.39 is 11.5 Å². The number of carbonyl (C=O) groups is 1. The molecule has 0 amide bonds. The number of ether oxygens (including phenoxy) is 1. The minimum Gasteiger partial charge on any atom is -0.506 e. The van der Waals surface area contributed by atoms with Crippen LogP contribution in [0.3, 0.4) is 0 Å². The Bertz CT molecular complexity index is 906. The van der Waals surface area contributed by atoms with Gasteiger partial charge >= 0.3 is 0 Å². The second-order valence-corrected chi connectivity index (χ2v) is 9.74. The Morgan fingerprint density at radius 1 is 1.18 bits per heavy atom. The van der Waals surface area contributed by atoms with Gasteiger partial charge in [-0.15, -0.1) is 0 Å². The van der Waals surface area contributed by atoms with Gasteiger partial charge in [0.15, 0.2) is 6.29 Å². The van der Waals surface area contributed by atoms with Crippen molar-refractivity contribution in [2.24, 2.45) is 0 Å². The average Bonchev–Trinajstić information content (AvgIpc) is 3.29. The molecule has 7 nitrogen and oxygen atoms in total. The number of anilines is 1. The van der Waals surface area contributed by atoms with Crippen molar-refractivity contribution >= 4 is 23.7 Å². The Labute approximate surface area is 199 Å². The monoisotopic (exact) mass is 471 g/mol. The molecule has 1 fully saturated rings. The Balaban J connectivity index is 1.14. The molecule has 0 aliphatic carbocycles. The van der Waals surface area contributed by atoms with E-state index in [0.29, 0.717) is 18.3 Å². The maximum atomic E-state index is 11.1. The van der Waals surface area contributed by atoms with E-state index >= 15 is 0 Å². The number of aliphatic hydroxyl groups excluding tert-OH is 1. The molecular formula is C25H33N3O4S. The molecule has 2 aromatic carbocycles. The number of piperidine rings is 1. The number of likely N-dealkylation sites (tertiary alicyclic amines) is 1. The van der Waals surface area contributed by atoms with E-state index in [1.165, 1.54) is 17.3 Å². The SMILES string of the molecule is O=CC1Nc2c(O)ccc(C(O)CNC3CCN(CCOCCc4ccccc4)CC3)c2S1. The number of hydrogen-bond acceptors (Lipinski definition) is 8. The summed E-state index contributed by atoms with van der Waals surface area (Å²) in [6.45, 7) is 4.93. The first-order chi connectivity index (χ1) is 16.1. The topological polar surface area (TPSA) is 94.1 Å². The molecule has 2 heterocycles. The van der Waals surface area contributed by atoms with Crippen LogP contribution < -0.4 is 10.6 Å². The quantitative estimate of drug-likeness (QED) is 0.226. The summed E-state index contributed by atoms with van der Waals surface area (Å²) in [6, 6.07) is 14.1. The molecule has 8 heteroatoms. The van der Waals surface area contributed by atoms with E-state index in [2.05, 4.69) is 39.8 Å². The summed E-state index contributed by atoms with van der Waals surface area (Å²) in [5.41, 5.74) is 2.58. The zero-order chi connectivity index (χ0) is 23.0. The number of aromatic hydroxyl groups is 1. The normalized spacial score (nSPS) is 19.7. The molecule has 2 atom stereocenters. The van der Waals surface area contributed by atoms with Gasteiger partial charge in [0.25, 0.3) is 0 Å². The van der Waals surface area contributed by atoms with Gasteiger partial charge in [0.2, 0.25) is 0 Å². The van der Waals surface area contributed by atoms with Gasteiger partial charge in [-0.2, -0.15) is 0 Å². The third kappa shape index (κ3) is 6.49. The summed E-state index contributed by atoms with van der Waals surface area (Å²) >= 11 is 1.33. The second kappa shape index (κ2) is 11.9. The number of aldehydes is 1. The summed E-state index contributed by atoms with van der Waals surface area (Å²) in [7, 11) is 0. The standard InChI is InChI=1S/C25H33N3O4S/c29-17-23-27-24-21(30)7-6-20(25(24)33-23)22(31)16-26-19-8-11-28(12-9-19)13-15-32-14-10-18-4-2-1-3-5-18/h1-7,17,19,22-23,26-27,30-31H,8-16H2. The number of fused-ring (bicyclic) bond motifs is 1. The largest absolute Gasteiger partial charge is 0.506 e. The Hall–Kier alpha value is -2.10. The van der Waals surface area contributed by atoms with Crippen LogP contribution in [0.5, 0.6) is 5.75 Å². The number of rotatable bonds is 11. The van der Waals surface area contributed by atoms with Crippen LogP contribution in [0.1, 0.15) is 30.1 Å². The van der Waals surface area contributed by atoms with Crippen LogP contribution in [0.4, 0.5) is 5.69 Å². The minimum atomic E-state index is -0.699. The van der Waals surface area contributed by atoms with E-state index in [0.717, 1.165) is 68.9 Å². The molecule has 4 rings (SSSR count). The maximum Gasteiger partial charge on any atom is 0.152 e. The van der Waals surface area contributed by atoms with Crippen molar-refractivity contribution in [2.75, 3.05) is 44.7 Å². The summed E-state index contributed by atoms with van der Waals surface area (Å²) < 4.78 is 5.82. The number of hydrogen-bond donors (Lipinski definition) is 4. The van der Waals surface area contributed by atoms with Gasteiger partial charge < -0.3 is 35.3 Å². The maximum absolute atomic E-state index is 11.1. The third-order valence-electron chi connectivity index (χ3n) is 6.30. The molecule has 0 aromatic heterocycles. The molecule has 0 radical (unpaired) electrons. The van der Waals surface area contributed by atoms with Crippen molar-refractivity contribution in [3.8, 4) is 5.75 Å². The summed E-state index contributed by atoms with van der Waals surface area (Å²) in [6.07, 6.45) is 3.13. The molecule has 4 N–H and O–H groups in total. The van der Waals surface area contributed by atoms with Gasteiger partial charge in [-0.25, -0.2) is 0 Å². The zero-order valence-electron chi connectivity index (χ0n) is 18.8. The molecule has 2 aromatic rings. The van der Waals surface area contributed by atoms with Gasteiger partial charge in [-0.05, 0) is 49.5 Å². The van der Waals surface area contributed by atoms with Crippen LogP contribution in [0.2, 0.25) is 0 Å². The molecule has 2 aliphatic heterocycles. The Morgan fingerprint density at radius 2 is 1.97 bits per heavy atom. The zero-order valence-corrected chi connectivity index (χ0v) is 19.6. The fraction of sp³-hybridized carbons (Fsp3) is 0.480. The number of carbonyl (C=O) groups excluding carboxylic acids is 1.